The van der Waals surface area contributed by atoms with Crippen molar-refractivity contribution in [2.24, 2.45) is 5.41 Å². The van der Waals surface area contributed by atoms with Gasteiger partial charge in [-0.3, -0.25) is 4.98 Å². The highest BCUT2D eigenvalue weighted by molar-refractivity contribution is 4.81. The number of aromatic amines is 1. The summed E-state index contributed by atoms with van der Waals surface area (Å²) in [5.41, 5.74) is 0.460. The van der Waals surface area contributed by atoms with Crippen molar-refractivity contribution in [3.8, 4) is 0 Å². The second-order valence-electron chi connectivity index (χ2n) is 4.82. The predicted octanol–water partition coefficient (Wildman–Crippen LogP) is 2.47. The van der Waals surface area contributed by atoms with Gasteiger partial charge >= 0.3 is 0 Å². The number of nitrogens with one attached hydrogen (secondary N) is 1. The van der Waals surface area contributed by atoms with E-state index in [1.165, 1.54) is 6.42 Å². The molecule has 1 heterocycles. The van der Waals surface area contributed by atoms with Crippen LogP contribution in [0.2, 0.25) is 0 Å². The Morgan fingerprint density at radius 3 is 2.23 bits per heavy atom. The fraction of sp³-hybridized carbons (Fsp3) is 0.727. The molecule has 1 N–H and O–H groups in total. The lowest BCUT2D eigenvalue weighted by atomic mass is 9.72. The highest BCUT2D eigenvalue weighted by atomic mass is 15.1. The molecule has 1 rings (SSSR count). The van der Waals surface area contributed by atoms with Crippen molar-refractivity contribution in [3.63, 3.8) is 0 Å². The lowest BCUT2D eigenvalue weighted by Gasteiger charge is -2.38. The van der Waals surface area contributed by atoms with Crippen molar-refractivity contribution < 1.29 is 4.57 Å². The lowest BCUT2D eigenvalue weighted by molar-refractivity contribution is -0.771. The lowest BCUT2D eigenvalue weighted by Crippen LogP contribution is -2.59. The molecule has 0 aromatic carbocycles. The van der Waals surface area contributed by atoms with Crippen LogP contribution in [0.1, 0.15) is 41.0 Å². The molecule has 2 nitrogen and oxygen atoms in total. The Balaban J connectivity index is 3.02. The van der Waals surface area contributed by atoms with Crippen molar-refractivity contribution in [3.05, 3.63) is 18.7 Å². The molecule has 1 aromatic heterocycles. The van der Waals surface area contributed by atoms with Crippen molar-refractivity contribution in [1.82, 2.24) is 4.98 Å². The van der Waals surface area contributed by atoms with Crippen molar-refractivity contribution in [2.45, 2.75) is 46.6 Å². The molecule has 2 heteroatoms. The second-order valence-corrected chi connectivity index (χ2v) is 4.82. The molecule has 0 unspecified atom stereocenters. The number of aromatic nitrogens is 2. The van der Waals surface area contributed by atoms with Gasteiger partial charge in [-0.1, -0.05) is 20.8 Å². The first-order valence-corrected chi connectivity index (χ1v) is 4.96. The van der Waals surface area contributed by atoms with Crippen LogP contribution in [0.3, 0.4) is 0 Å². The standard InChI is InChI=1S/C11H20N2/c1-6-10(2,3)11(4,5)13-8-7-12-9-13/h7-9H,6H2,1-5H3/p+1. The SMILES string of the molecule is CCC(C)(C)C(C)(C)[n+]1cc[nH]c1. The Kier molecular flexibility index (Phi) is 2.51. The van der Waals surface area contributed by atoms with E-state index in [1.54, 1.807) is 0 Å². The Morgan fingerprint density at radius 1 is 1.23 bits per heavy atom. The van der Waals surface area contributed by atoms with E-state index in [4.69, 9.17) is 0 Å². The van der Waals surface area contributed by atoms with E-state index in [0.29, 0.717) is 5.41 Å². The van der Waals surface area contributed by atoms with Gasteiger partial charge in [0.2, 0.25) is 6.33 Å². The molecule has 0 aliphatic carbocycles. The molecule has 0 atom stereocenters. The molecule has 0 bridgehead atoms. The maximum Gasteiger partial charge on any atom is 0.241 e. The van der Waals surface area contributed by atoms with Gasteiger partial charge in [-0.15, -0.1) is 0 Å². The smallest absolute Gasteiger partial charge is 0.241 e. The van der Waals surface area contributed by atoms with Crippen LogP contribution in [0.25, 0.3) is 0 Å². The number of H-pyrrole nitrogens is 1. The molecule has 0 aliphatic heterocycles. The van der Waals surface area contributed by atoms with Crippen molar-refractivity contribution >= 4 is 0 Å². The first-order chi connectivity index (χ1) is 5.92. The fourth-order valence-electron chi connectivity index (χ4n) is 1.42. The zero-order valence-electron chi connectivity index (χ0n) is 9.39. The van der Waals surface area contributed by atoms with Gasteiger partial charge in [-0.05, 0) is 20.3 Å². The summed E-state index contributed by atoms with van der Waals surface area (Å²) in [6.07, 6.45) is 7.26. The Morgan fingerprint density at radius 2 is 1.85 bits per heavy atom. The normalized spacial score (nSPS) is 13.3. The molecule has 0 spiro atoms. The third-order valence-corrected chi connectivity index (χ3v) is 3.73. The van der Waals surface area contributed by atoms with Crippen LogP contribution >= 0.6 is 0 Å². The molecule has 0 radical (unpaired) electrons. The van der Waals surface area contributed by atoms with Gasteiger partial charge in [0.05, 0.1) is 0 Å². The van der Waals surface area contributed by atoms with Crippen LogP contribution in [0.15, 0.2) is 18.7 Å². The maximum atomic E-state index is 3.09. The van der Waals surface area contributed by atoms with E-state index in [9.17, 15) is 0 Å². The molecule has 0 aliphatic rings. The zero-order valence-corrected chi connectivity index (χ0v) is 9.39. The van der Waals surface area contributed by atoms with Gasteiger partial charge in [0.1, 0.15) is 17.9 Å². The highest BCUT2D eigenvalue weighted by Crippen LogP contribution is 2.35. The average molecular weight is 181 g/mol. The van der Waals surface area contributed by atoms with Gasteiger partial charge < -0.3 is 0 Å². The summed E-state index contributed by atoms with van der Waals surface area (Å²) in [6.45, 7) is 11.4. The van der Waals surface area contributed by atoms with Crippen LogP contribution in [0.5, 0.6) is 0 Å². The van der Waals surface area contributed by atoms with Gasteiger partial charge in [-0.2, -0.15) is 0 Å². The largest absolute Gasteiger partial charge is 0.250 e. The quantitative estimate of drug-likeness (QED) is 0.691. The van der Waals surface area contributed by atoms with E-state index in [-0.39, 0.29) is 5.54 Å². The Labute approximate surface area is 81.0 Å². The third-order valence-electron chi connectivity index (χ3n) is 3.73. The van der Waals surface area contributed by atoms with E-state index >= 15 is 0 Å². The number of nitrogens with zero attached hydrogens (tertiary/aromatic N) is 1. The topological polar surface area (TPSA) is 19.7 Å². The Bertz CT molecular complexity index is 258. The molecule has 0 saturated carbocycles. The van der Waals surface area contributed by atoms with Crippen molar-refractivity contribution in [1.29, 1.82) is 0 Å². The first-order valence-electron chi connectivity index (χ1n) is 4.96. The molecular weight excluding hydrogens is 160 g/mol. The molecule has 74 valence electrons. The number of hydrogen-bond acceptors (Lipinski definition) is 0. The summed E-state index contributed by atoms with van der Waals surface area (Å²) >= 11 is 0. The minimum Gasteiger partial charge on any atom is -0.250 e. The molecular formula is C11H21N2+. The van der Waals surface area contributed by atoms with E-state index < -0.39 is 0 Å². The van der Waals surface area contributed by atoms with Crippen LogP contribution in [-0.4, -0.2) is 4.98 Å². The molecule has 13 heavy (non-hydrogen) atoms. The summed E-state index contributed by atoms with van der Waals surface area (Å²) in [7, 11) is 0. The second kappa shape index (κ2) is 3.17. The van der Waals surface area contributed by atoms with E-state index in [2.05, 4.69) is 50.4 Å². The van der Waals surface area contributed by atoms with Gasteiger partial charge in [-0.25, -0.2) is 4.57 Å². The fourth-order valence-corrected chi connectivity index (χ4v) is 1.42. The maximum absolute atomic E-state index is 3.09. The number of hydrogen-bond donors (Lipinski definition) is 1. The minimum absolute atomic E-state index is 0.155. The minimum atomic E-state index is 0.155. The molecule has 0 fully saturated rings. The van der Waals surface area contributed by atoms with Gasteiger partial charge in [0.15, 0.2) is 0 Å². The van der Waals surface area contributed by atoms with Crippen molar-refractivity contribution in [2.75, 3.05) is 0 Å². The monoisotopic (exact) mass is 181 g/mol. The molecule has 0 saturated heterocycles. The zero-order chi connectivity index (χ0) is 10.1. The summed E-state index contributed by atoms with van der Waals surface area (Å²) in [4.78, 5) is 3.09. The molecule has 1 aromatic rings. The predicted molar refractivity (Wildman–Crippen MR) is 54.4 cm³/mol. The molecule has 0 amide bonds. The third kappa shape index (κ3) is 1.62. The average Bonchev–Trinajstić information content (AvgIpc) is 2.56. The van der Waals surface area contributed by atoms with Crippen LogP contribution in [-0.2, 0) is 5.54 Å². The van der Waals surface area contributed by atoms with Crippen LogP contribution in [0, 0.1) is 5.41 Å². The van der Waals surface area contributed by atoms with Gasteiger partial charge in [0, 0.05) is 5.41 Å². The first kappa shape index (κ1) is 10.3. The Hall–Kier alpha value is -0.790. The highest BCUT2D eigenvalue weighted by Gasteiger charge is 2.40. The number of rotatable bonds is 3. The van der Waals surface area contributed by atoms with Crippen LogP contribution in [0.4, 0.5) is 0 Å². The van der Waals surface area contributed by atoms with Gasteiger partial charge in [0.25, 0.3) is 0 Å². The van der Waals surface area contributed by atoms with E-state index in [0.717, 1.165) is 0 Å². The summed E-state index contributed by atoms with van der Waals surface area (Å²) in [5, 5.41) is 0. The van der Waals surface area contributed by atoms with Crippen LogP contribution < -0.4 is 4.57 Å². The summed E-state index contributed by atoms with van der Waals surface area (Å²) in [5.74, 6) is 0. The van der Waals surface area contributed by atoms with E-state index in [1.807, 2.05) is 12.5 Å². The summed E-state index contributed by atoms with van der Waals surface area (Å²) < 4.78 is 2.25. The summed E-state index contributed by atoms with van der Waals surface area (Å²) in [6, 6.07) is 0. The number of imidazole rings is 1.